The Labute approximate surface area is 252 Å². The van der Waals surface area contributed by atoms with E-state index in [2.05, 4.69) is 10.3 Å². The Morgan fingerprint density at radius 2 is 1.79 bits per heavy atom. The normalized spacial score (nSPS) is 17.2. The molecule has 5 aromatic rings. The third-order valence-electron chi connectivity index (χ3n) is 7.87. The smallest absolute Gasteiger partial charge is 0.268 e. The molecule has 2 heterocycles. The van der Waals surface area contributed by atoms with Gasteiger partial charge < -0.3 is 16.8 Å². The highest BCUT2D eigenvalue weighted by atomic mass is 35.5. The fourth-order valence-electron chi connectivity index (χ4n) is 5.86. The van der Waals surface area contributed by atoms with Crippen LogP contribution in [0.3, 0.4) is 0 Å². The van der Waals surface area contributed by atoms with E-state index in [1.807, 2.05) is 12.1 Å². The van der Waals surface area contributed by atoms with Crippen LogP contribution in [0.2, 0.25) is 5.02 Å². The molecule has 43 heavy (non-hydrogen) atoms. The van der Waals surface area contributed by atoms with Gasteiger partial charge in [-0.2, -0.15) is 0 Å². The van der Waals surface area contributed by atoms with Gasteiger partial charge in [0, 0.05) is 34.3 Å². The molecule has 1 saturated carbocycles. The van der Waals surface area contributed by atoms with Crippen LogP contribution in [0.25, 0.3) is 22.2 Å². The number of hydrogen-bond acceptors (Lipinski definition) is 7. The van der Waals surface area contributed by atoms with Crippen molar-refractivity contribution in [1.82, 2.24) is 13.9 Å². The van der Waals surface area contributed by atoms with E-state index in [1.165, 1.54) is 28.5 Å². The highest BCUT2D eigenvalue weighted by molar-refractivity contribution is 7.90. The number of nitrogen functional groups attached to an aromatic ring is 1. The molecule has 1 amide bonds. The van der Waals surface area contributed by atoms with Crippen molar-refractivity contribution in [2.45, 2.75) is 42.5 Å². The first kappa shape index (κ1) is 28.6. The first-order chi connectivity index (χ1) is 20.6. The van der Waals surface area contributed by atoms with E-state index in [-0.39, 0.29) is 44.6 Å². The molecule has 0 unspecified atom stereocenters. The van der Waals surface area contributed by atoms with Crippen LogP contribution < -0.4 is 16.8 Å². The zero-order valence-electron chi connectivity index (χ0n) is 22.9. The molecule has 220 valence electrons. The Balaban J connectivity index is 1.34. The molecule has 0 bridgehead atoms. The number of anilines is 2. The summed E-state index contributed by atoms with van der Waals surface area (Å²) in [6.07, 6.45) is 5.68. The van der Waals surface area contributed by atoms with Crippen LogP contribution in [0.1, 0.15) is 47.5 Å². The summed E-state index contributed by atoms with van der Waals surface area (Å²) in [6, 6.07) is 18.0. The van der Waals surface area contributed by atoms with Gasteiger partial charge in [-0.15, -0.1) is 0 Å². The number of primary amides is 1. The van der Waals surface area contributed by atoms with Gasteiger partial charge in [-0.25, -0.2) is 26.7 Å². The summed E-state index contributed by atoms with van der Waals surface area (Å²) in [4.78, 5) is 21.3. The second-order valence-corrected chi connectivity index (χ2v) is 12.8. The Morgan fingerprint density at radius 3 is 2.56 bits per heavy atom. The molecule has 1 aliphatic carbocycles. The molecule has 9 nitrogen and oxygen atoms in total. The summed E-state index contributed by atoms with van der Waals surface area (Å²) in [5.41, 5.74) is 13.1. The summed E-state index contributed by atoms with van der Waals surface area (Å²) in [5, 5.41) is 4.24. The van der Waals surface area contributed by atoms with Gasteiger partial charge in [-0.1, -0.05) is 54.4 Å². The molecule has 5 N–H and O–H groups in total. The topological polar surface area (TPSA) is 146 Å². The van der Waals surface area contributed by atoms with Gasteiger partial charge in [0.15, 0.2) is 0 Å². The van der Waals surface area contributed by atoms with Crippen molar-refractivity contribution in [3.63, 3.8) is 0 Å². The lowest BCUT2D eigenvalue weighted by Gasteiger charge is -2.31. The highest BCUT2D eigenvalue weighted by Crippen LogP contribution is 2.39. The number of rotatable bonds is 7. The van der Waals surface area contributed by atoms with E-state index in [0.717, 1.165) is 12.8 Å². The average molecular weight is 619 g/mol. The van der Waals surface area contributed by atoms with Gasteiger partial charge in [-0.3, -0.25) is 4.79 Å². The van der Waals surface area contributed by atoms with Crippen LogP contribution in [0.4, 0.5) is 16.0 Å². The van der Waals surface area contributed by atoms with E-state index in [0.29, 0.717) is 35.0 Å². The molecular formula is C31H28ClFN6O3S. The minimum Gasteiger partial charge on any atom is -0.396 e. The van der Waals surface area contributed by atoms with E-state index < -0.39 is 21.7 Å². The summed E-state index contributed by atoms with van der Waals surface area (Å²) in [7, 11) is -3.91. The van der Waals surface area contributed by atoms with E-state index in [1.54, 1.807) is 42.5 Å². The molecule has 0 saturated heterocycles. The summed E-state index contributed by atoms with van der Waals surface area (Å²) >= 11 is 6.59. The Hall–Kier alpha value is -4.48. The molecule has 1 fully saturated rings. The lowest BCUT2D eigenvalue weighted by Crippen LogP contribution is -2.29. The standard InChI is InChI=1S/C31H28ClFN6O3S/c32-24-16-36-31(37-19-8-6-7-18(15-19)27-22(30(35)40)13-14-25(34)28(27)33)38-29(24)23-17-39(26-12-5-4-11-21(23)26)43(41,42)20-9-2-1-3-10-20/h1-5,9-14,16-19H,6-8,15,34H2,(H2,35,40)(H,36,37,38)/t18-,19+/m0/s1. The lowest BCUT2D eigenvalue weighted by atomic mass is 9.79. The molecular weight excluding hydrogens is 591 g/mol. The van der Waals surface area contributed by atoms with Gasteiger partial charge in [0.05, 0.1) is 33.0 Å². The van der Waals surface area contributed by atoms with Gasteiger partial charge in [0.25, 0.3) is 10.0 Å². The number of hydrogen-bond donors (Lipinski definition) is 3. The predicted molar refractivity (Wildman–Crippen MR) is 165 cm³/mol. The highest BCUT2D eigenvalue weighted by Gasteiger charge is 2.30. The van der Waals surface area contributed by atoms with Crippen molar-refractivity contribution >= 4 is 50.1 Å². The average Bonchev–Trinajstić information content (AvgIpc) is 3.40. The largest absolute Gasteiger partial charge is 0.396 e. The summed E-state index contributed by atoms with van der Waals surface area (Å²) in [6.45, 7) is 0. The van der Waals surface area contributed by atoms with Crippen molar-refractivity contribution in [1.29, 1.82) is 0 Å². The zero-order chi connectivity index (χ0) is 30.3. The molecule has 3 aromatic carbocycles. The van der Waals surface area contributed by atoms with Crippen molar-refractivity contribution in [2.24, 2.45) is 5.73 Å². The van der Waals surface area contributed by atoms with Crippen LogP contribution in [0, 0.1) is 5.82 Å². The minimum absolute atomic E-state index is 0.0331. The summed E-state index contributed by atoms with van der Waals surface area (Å²) < 4.78 is 43.5. The number of benzene rings is 3. The molecule has 12 heteroatoms. The molecule has 2 atom stereocenters. The first-order valence-electron chi connectivity index (χ1n) is 13.7. The number of carbonyl (C=O) groups is 1. The Bertz CT molecular complexity index is 1970. The molecule has 0 radical (unpaired) electrons. The number of fused-ring (bicyclic) bond motifs is 1. The maximum absolute atomic E-state index is 15.1. The van der Waals surface area contributed by atoms with E-state index in [9.17, 15) is 13.2 Å². The number of nitrogens with zero attached hydrogens (tertiary/aromatic N) is 3. The van der Waals surface area contributed by atoms with Crippen LogP contribution in [-0.4, -0.2) is 34.3 Å². The Morgan fingerprint density at radius 1 is 1.05 bits per heavy atom. The van der Waals surface area contributed by atoms with Crippen LogP contribution in [0.5, 0.6) is 0 Å². The van der Waals surface area contributed by atoms with Gasteiger partial charge in [0.2, 0.25) is 11.9 Å². The van der Waals surface area contributed by atoms with Gasteiger partial charge in [0.1, 0.15) is 5.82 Å². The second-order valence-electron chi connectivity index (χ2n) is 10.6. The van der Waals surface area contributed by atoms with Crippen LogP contribution in [-0.2, 0) is 10.0 Å². The van der Waals surface area contributed by atoms with E-state index in [4.69, 9.17) is 28.1 Å². The van der Waals surface area contributed by atoms with Crippen molar-refractivity contribution < 1.29 is 17.6 Å². The third-order valence-corrected chi connectivity index (χ3v) is 9.83. The number of aromatic nitrogens is 3. The Kier molecular flexibility index (Phi) is 7.53. The maximum atomic E-state index is 15.1. The second kappa shape index (κ2) is 11.3. The number of nitrogens with two attached hydrogens (primary N) is 2. The molecule has 0 aliphatic heterocycles. The predicted octanol–water partition coefficient (Wildman–Crippen LogP) is 5.95. The monoisotopic (exact) mass is 618 g/mol. The third kappa shape index (κ3) is 5.30. The minimum atomic E-state index is -3.91. The van der Waals surface area contributed by atoms with Crippen LogP contribution in [0.15, 0.2) is 84.0 Å². The fourth-order valence-corrected chi connectivity index (χ4v) is 7.44. The number of amides is 1. The molecule has 6 rings (SSSR count). The van der Waals surface area contributed by atoms with Crippen molar-refractivity contribution in [3.8, 4) is 11.3 Å². The molecule has 0 spiro atoms. The van der Waals surface area contributed by atoms with Crippen molar-refractivity contribution in [3.05, 3.63) is 101 Å². The number of carbonyl (C=O) groups excluding carboxylic acids is 1. The zero-order valence-corrected chi connectivity index (χ0v) is 24.4. The fraction of sp³-hybridized carbons (Fsp3) is 0.194. The first-order valence-corrected chi connectivity index (χ1v) is 15.5. The molecule has 1 aliphatic rings. The molecule has 2 aromatic heterocycles. The summed E-state index contributed by atoms with van der Waals surface area (Å²) in [5.74, 6) is -1.32. The number of nitrogens with one attached hydrogen (secondary N) is 1. The van der Waals surface area contributed by atoms with Crippen molar-refractivity contribution in [2.75, 3.05) is 11.1 Å². The quantitative estimate of drug-likeness (QED) is 0.191. The SMILES string of the molecule is NC(=O)c1ccc(N)c(F)c1[C@H]1CCC[C@@H](Nc2ncc(Cl)c(-c3cn(S(=O)(=O)c4ccccc4)c4ccccc34)n2)C1. The lowest BCUT2D eigenvalue weighted by molar-refractivity contribution is 0.0998. The van der Waals surface area contributed by atoms with Gasteiger partial charge in [-0.05, 0) is 55.5 Å². The number of halogens is 2. The van der Waals surface area contributed by atoms with E-state index >= 15 is 4.39 Å². The number of para-hydroxylation sites is 1. The maximum Gasteiger partial charge on any atom is 0.268 e. The van der Waals surface area contributed by atoms with Crippen LogP contribution >= 0.6 is 11.6 Å². The van der Waals surface area contributed by atoms with Gasteiger partial charge >= 0.3 is 0 Å².